The number of hydrogen-bond donors (Lipinski definition) is 3. The first-order valence-electron chi connectivity index (χ1n) is 7.51. The van der Waals surface area contributed by atoms with Crippen molar-refractivity contribution in [3.05, 3.63) is 23.2 Å². The molecule has 0 bridgehead atoms. The Labute approximate surface area is 136 Å². The van der Waals surface area contributed by atoms with Crippen LogP contribution in [0.5, 0.6) is 0 Å². The summed E-state index contributed by atoms with van der Waals surface area (Å²) in [5.41, 5.74) is 1.31. The Morgan fingerprint density at radius 1 is 1.50 bits per heavy atom. The van der Waals surface area contributed by atoms with Crippen LogP contribution in [0, 0.1) is 5.41 Å². The van der Waals surface area contributed by atoms with Crippen LogP contribution in [-0.4, -0.2) is 37.9 Å². The van der Waals surface area contributed by atoms with Gasteiger partial charge in [-0.25, -0.2) is 4.79 Å². The number of nitrogens with zero attached hydrogens (tertiary/aromatic N) is 1. The first kappa shape index (κ1) is 16.9. The molecule has 0 spiro atoms. The molecule has 0 aliphatic heterocycles. The molecule has 1 aromatic rings. The van der Waals surface area contributed by atoms with Crippen LogP contribution in [0.4, 0.5) is 16.2 Å². The van der Waals surface area contributed by atoms with Crippen LogP contribution >= 0.6 is 11.6 Å². The molecule has 2 atom stereocenters. The Balaban J connectivity index is 2.08. The minimum atomic E-state index is -0.267. The normalized spacial score (nSPS) is 24.1. The maximum Gasteiger partial charge on any atom is 0.319 e. The fourth-order valence-electron chi connectivity index (χ4n) is 2.98. The molecule has 5 nitrogen and oxygen atoms in total. The summed E-state index contributed by atoms with van der Waals surface area (Å²) < 4.78 is 0. The number of anilines is 2. The van der Waals surface area contributed by atoms with E-state index in [-0.39, 0.29) is 24.1 Å². The lowest BCUT2D eigenvalue weighted by atomic mass is 9.86. The fraction of sp³-hybridized carbons (Fsp3) is 0.562. The van der Waals surface area contributed by atoms with Crippen molar-refractivity contribution < 1.29 is 9.90 Å². The van der Waals surface area contributed by atoms with E-state index in [2.05, 4.69) is 10.6 Å². The third-order valence-corrected chi connectivity index (χ3v) is 4.67. The highest BCUT2D eigenvalue weighted by Crippen LogP contribution is 2.37. The molecule has 0 heterocycles. The van der Waals surface area contributed by atoms with E-state index in [1.165, 1.54) is 0 Å². The Morgan fingerprint density at radius 3 is 2.86 bits per heavy atom. The quantitative estimate of drug-likeness (QED) is 0.797. The summed E-state index contributed by atoms with van der Waals surface area (Å²) in [7, 11) is 3.82. The lowest BCUT2D eigenvalue weighted by Gasteiger charge is -2.30. The Bertz CT molecular complexity index is 550. The van der Waals surface area contributed by atoms with E-state index in [1.807, 2.05) is 32.0 Å². The average molecular weight is 326 g/mol. The van der Waals surface area contributed by atoms with Gasteiger partial charge in [0.05, 0.1) is 18.0 Å². The van der Waals surface area contributed by atoms with Crippen LogP contribution in [0.25, 0.3) is 0 Å². The molecule has 122 valence electrons. The zero-order valence-corrected chi connectivity index (χ0v) is 14.1. The number of amides is 2. The standard InChI is InChI=1S/C16H24ClN3O2/c1-16(10-21)8-4-5-14(16)19-15(22)18-12-9-11(17)6-7-13(12)20(2)3/h6-7,9,14,21H,4-5,8,10H2,1-3H3,(H2,18,19,22). The lowest BCUT2D eigenvalue weighted by molar-refractivity contribution is 0.122. The fourth-order valence-corrected chi connectivity index (χ4v) is 3.16. The molecular formula is C16H24ClN3O2. The van der Waals surface area contributed by atoms with Gasteiger partial charge in [0.15, 0.2) is 0 Å². The van der Waals surface area contributed by atoms with Crippen molar-refractivity contribution in [1.29, 1.82) is 0 Å². The third-order valence-electron chi connectivity index (χ3n) is 4.44. The van der Waals surface area contributed by atoms with E-state index in [0.717, 1.165) is 24.9 Å². The molecule has 2 amide bonds. The molecule has 1 saturated carbocycles. The van der Waals surface area contributed by atoms with Gasteiger partial charge in [-0.1, -0.05) is 24.9 Å². The highest BCUT2D eigenvalue weighted by atomic mass is 35.5. The number of aliphatic hydroxyl groups excluding tert-OH is 1. The van der Waals surface area contributed by atoms with Gasteiger partial charge in [-0.15, -0.1) is 0 Å². The molecule has 1 aromatic carbocycles. The van der Waals surface area contributed by atoms with Gasteiger partial charge in [-0.05, 0) is 31.0 Å². The average Bonchev–Trinajstić information content (AvgIpc) is 2.80. The van der Waals surface area contributed by atoms with Crippen molar-refractivity contribution in [1.82, 2.24) is 5.32 Å². The molecule has 0 aromatic heterocycles. The van der Waals surface area contributed by atoms with Gasteiger partial charge < -0.3 is 20.6 Å². The molecule has 22 heavy (non-hydrogen) atoms. The summed E-state index contributed by atoms with van der Waals surface area (Å²) in [5, 5.41) is 16.0. The SMILES string of the molecule is CN(C)c1ccc(Cl)cc1NC(=O)NC1CCCC1(C)CO. The second-order valence-electron chi connectivity index (χ2n) is 6.41. The molecule has 1 aliphatic rings. The second-order valence-corrected chi connectivity index (χ2v) is 6.85. The van der Waals surface area contributed by atoms with Gasteiger partial charge in [0.25, 0.3) is 0 Å². The number of urea groups is 1. The molecule has 2 rings (SSSR count). The van der Waals surface area contributed by atoms with Crippen molar-refractivity contribution in [2.45, 2.75) is 32.2 Å². The Morgan fingerprint density at radius 2 is 2.23 bits per heavy atom. The Kier molecular flexibility index (Phi) is 5.19. The Hall–Kier alpha value is -1.46. The number of benzene rings is 1. The number of rotatable bonds is 4. The number of carbonyl (C=O) groups is 1. The van der Waals surface area contributed by atoms with Crippen molar-refractivity contribution in [3.63, 3.8) is 0 Å². The van der Waals surface area contributed by atoms with Gasteiger partial charge in [0.2, 0.25) is 0 Å². The molecular weight excluding hydrogens is 302 g/mol. The highest BCUT2D eigenvalue weighted by molar-refractivity contribution is 6.31. The van der Waals surface area contributed by atoms with Crippen LogP contribution in [0.2, 0.25) is 5.02 Å². The molecule has 1 aliphatic carbocycles. The summed E-state index contributed by atoms with van der Waals surface area (Å²) in [6.07, 6.45) is 2.83. The summed E-state index contributed by atoms with van der Waals surface area (Å²) >= 11 is 6.02. The predicted molar refractivity (Wildman–Crippen MR) is 90.8 cm³/mol. The number of nitrogens with one attached hydrogen (secondary N) is 2. The molecule has 6 heteroatoms. The summed E-state index contributed by atoms with van der Waals surface area (Å²) in [4.78, 5) is 14.2. The van der Waals surface area contributed by atoms with Crippen LogP contribution in [-0.2, 0) is 0 Å². The van der Waals surface area contributed by atoms with Gasteiger partial charge >= 0.3 is 6.03 Å². The van der Waals surface area contributed by atoms with Gasteiger partial charge in [0.1, 0.15) is 0 Å². The van der Waals surface area contributed by atoms with Gasteiger partial charge in [-0.2, -0.15) is 0 Å². The van der Waals surface area contributed by atoms with Gasteiger partial charge in [0, 0.05) is 30.6 Å². The van der Waals surface area contributed by atoms with E-state index in [0.29, 0.717) is 10.7 Å². The zero-order valence-electron chi connectivity index (χ0n) is 13.3. The number of hydrogen-bond acceptors (Lipinski definition) is 3. The number of carbonyl (C=O) groups excluding carboxylic acids is 1. The largest absolute Gasteiger partial charge is 0.396 e. The molecule has 3 N–H and O–H groups in total. The first-order valence-corrected chi connectivity index (χ1v) is 7.89. The van der Waals surface area contributed by atoms with E-state index < -0.39 is 0 Å². The summed E-state index contributed by atoms with van der Waals surface area (Å²) in [6, 6.07) is 5.11. The first-order chi connectivity index (χ1) is 10.4. The van der Waals surface area contributed by atoms with Crippen molar-refractivity contribution in [2.75, 3.05) is 30.9 Å². The minimum absolute atomic E-state index is 0.0144. The van der Waals surface area contributed by atoms with Crippen molar-refractivity contribution in [3.8, 4) is 0 Å². The second kappa shape index (κ2) is 6.75. The number of aliphatic hydroxyl groups is 1. The van der Waals surface area contributed by atoms with E-state index >= 15 is 0 Å². The monoisotopic (exact) mass is 325 g/mol. The minimum Gasteiger partial charge on any atom is -0.396 e. The maximum atomic E-state index is 12.3. The molecule has 0 radical (unpaired) electrons. The maximum absolute atomic E-state index is 12.3. The van der Waals surface area contributed by atoms with Crippen LogP contribution in [0.1, 0.15) is 26.2 Å². The summed E-state index contributed by atoms with van der Waals surface area (Å²) in [5.74, 6) is 0. The van der Waals surface area contributed by atoms with Crippen molar-refractivity contribution >= 4 is 29.0 Å². The molecule has 0 saturated heterocycles. The van der Waals surface area contributed by atoms with E-state index in [1.54, 1.807) is 12.1 Å². The van der Waals surface area contributed by atoms with Crippen LogP contribution in [0.3, 0.4) is 0 Å². The highest BCUT2D eigenvalue weighted by Gasteiger charge is 2.39. The van der Waals surface area contributed by atoms with Gasteiger partial charge in [-0.3, -0.25) is 0 Å². The van der Waals surface area contributed by atoms with Crippen molar-refractivity contribution in [2.24, 2.45) is 5.41 Å². The van der Waals surface area contributed by atoms with Crippen LogP contribution in [0.15, 0.2) is 18.2 Å². The number of halogens is 1. The van der Waals surface area contributed by atoms with E-state index in [4.69, 9.17) is 11.6 Å². The molecule has 2 unspecified atom stereocenters. The predicted octanol–water partition coefficient (Wildman–Crippen LogP) is 3.08. The zero-order chi connectivity index (χ0) is 16.3. The summed E-state index contributed by atoms with van der Waals surface area (Å²) in [6.45, 7) is 2.09. The lowest BCUT2D eigenvalue weighted by Crippen LogP contribution is -2.46. The topological polar surface area (TPSA) is 64.6 Å². The van der Waals surface area contributed by atoms with E-state index in [9.17, 15) is 9.90 Å². The third kappa shape index (κ3) is 3.65. The smallest absolute Gasteiger partial charge is 0.319 e. The molecule has 1 fully saturated rings. The van der Waals surface area contributed by atoms with Crippen LogP contribution < -0.4 is 15.5 Å².